The summed E-state index contributed by atoms with van der Waals surface area (Å²) in [6, 6.07) is 3.77. The summed E-state index contributed by atoms with van der Waals surface area (Å²) in [5.74, 6) is 0.579. The van der Waals surface area contributed by atoms with Crippen LogP contribution in [-0.4, -0.2) is 24.3 Å². The topological polar surface area (TPSA) is 55.8 Å². The van der Waals surface area contributed by atoms with Crippen molar-refractivity contribution >= 4 is 5.97 Å². The first-order valence-electron chi connectivity index (χ1n) is 5.78. The molecule has 1 aliphatic heterocycles. The largest absolute Gasteiger partial charge is 0.486 e. The Morgan fingerprint density at radius 1 is 1.24 bits per heavy atom. The van der Waals surface area contributed by atoms with E-state index in [0.717, 1.165) is 11.1 Å². The molecule has 90 valence electrons. The van der Waals surface area contributed by atoms with E-state index in [1.807, 2.05) is 19.1 Å². The highest BCUT2D eigenvalue weighted by atomic mass is 16.6. The molecule has 0 spiro atoms. The Hall–Kier alpha value is -1.71. The summed E-state index contributed by atoms with van der Waals surface area (Å²) in [5.41, 5.74) is 1.02. The van der Waals surface area contributed by atoms with Crippen molar-refractivity contribution in [2.75, 3.05) is 13.2 Å². The van der Waals surface area contributed by atoms with Crippen LogP contribution >= 0.6 is 0 Å². The summed E-state index contributed by atoms with van der Waals surface area (Å²) in [6.45, 7) is 2.95. The van der Waals surface area contributed by atoms with Gasteiger partial charge in [0.15, 0.2) is 11.5 Å². The average molecular weight is 234 g/mol. The maximum Gasteiger partial charge on any atom is 0.314 e. The zero-order chi connectivity index (χ0) is 12.0. The quantitative estimate of drug-likeness (QED) is 0.848. The van der Waals surface area contributed by atoms with Gasteiger partial charge in [0.25, 0.3) is 0 Å². The molecular weight excluding hydrogens is 220 g/mol. The lowest BCUT2D eigenvalue weighted by molar-refractivity contribution is -0.140. The van der Waals surface area contributed by atoms with Crippen LogP contribution in [0, 0.1) is 6.92 Å². The van der Waals surface area contributed by atoms with Crippen LogP contribution in [0.15, 0.2) is 12.1 Å². The molecule has 4 heteroatoms. The third kappa shape index (κ3) is 1.40. The minimum absolute atomic E-state index is 0.485. The molecule has 1 aliphatic carbocycles. The molecule has 0 unspecified atom stereocenters. The van der Waals surface area contributed by atoms with Crippen LogP contribution in [-0.2, 0) is 10.2 Å². The van der Waals surface area contributed by atoms with Crippen molar-refractivity contribution in [3.05, 3.63) is 23.3 Å². The van der Waals surface area contributed by atoms with Crippen molar-refractivity contribution in [3.8, 4) is 11.5 Å². The number of ether oxygens (including phenoxy) is 2. The summed E-state index contributed by atoms with van der Waals surface area (Å²) in [7, 11) is 0. The Morgan fingerprint density at radius 3 is 2.47 bits per heavy atom. The average Bonchev–Trinajstić information content (AvgIpc) is 3.11. The molecule has 0 bridgehead atoms. The fourth-order valence-corrected chi connectivity index (χ4v) is 2.37. The number of carboxylic acids is 1. The van der Waals surface area contributed by atoms with Crippen LogP contribution in [0.25, 0.3) is 0 Å². The molecule has 1 heterocycles. The molecule has 0 radical (unpaired) electrons. The van der Waals surface area contributed by atoms with Gasteiger partial charge in [0.1, 0.15) is 13.2 Å². The van der Waals surface area contributed by atoms with Crippen molar-refractivity contribution in [3.63, 3.8) is 0 Å². The van der Waals surface area contributed by atoms with Gasteiger partial charge in [-0.1, -0.05) is 12.1 Å². The van der Waals surface area contributed by atoms with E-state index in [0.29, 0.717) is 37.6 Å². The van der Waals surface area contributed by atoms with E-state index in [1.54, 1.807) is 0 Å². The van der Waals surface area contributed by atoms with Crippen LogP contribution in [0.3, 0.4) is 0 Å². The van der Waals surface area contributed by atoms with Crippen molar-refractivity contribution in [1.82, 2.24) is 0 Å². The fraction of sp³-hybridized carbons (Fsp3) is 0.462. The van der Waals surface area contributed by atoms with Gasteiger partial charge < -0.3 is 14.6 Å². The second kappa shape index (κ2) is 3.39. The molecule has 3 rings (SSSR count). The van der Waals surface area contributed by atoms with Gasteiger partial charge in [-0.2, -0.15) is 0 Å². The van der Waals surface area contributed by atoms with Gasteiger partial charge in [0.2, 0.25) is 0 Å². The Labute approximate surface area is 99.2 Å². The molecule has 1 aromatic carbocycles. The number of carbonyl (C=O) groups is 1. The number of fused-ring (bicyclic) bond motifs is 1. The standard InChI is InChI=1S/C13H14O4/c1-8-2-3-9(13(4-5-13)12(14)15)11-10(8)16-6-7-17-11/h2-3H,4-7H2,1H3,(H,14,15). The maximum absolute atomic E-state index is 11.4. The monoisotopic (exact) mass is 234 g/mol. The predicted octanol–water partition coefficient (Wildman–Crippen LogP) is 1.88. The molecule has 0 amide bonds. The van der Waals surface area contributed by atoms with E-state index in [2.05, 4.69) is 0 Å². The van der Waals surface area contributed by atoms with E-state index in [1.165, 1.54) is 0 Å². The molecule has 0 saturated heterocycles. The second-order valence-electron chi connectivity index (χ2n) is 4.67. The van der Waals surface area contributed by atoms with Crippen molar-refractivity contribution in [1.29, 1.82) is 0 Å². The zero-order valence-corrected chi connectivity index (χ0v) is 9.66. The first-order valence-corrected chi connectivity index (χ1v) is 5.78. The van der Waals surface area contributed by atoms with E-state index in [-0.39, 0.29) is 0 Å². The van der Waals surface area contributed by atoms with Gasteiger partial charge >= 0.3 is 5.97 Å². The second-order valence-corrected chi connectivity index (χ2v) is 4.67. The Morgan fingerprint density at radius 2 is 1.88 bits per heavy atom. The summed E-state index contributed by atoms with van der Waals surface area (Å²) in [5, 5.41) is 9.33. The number of carboxylic acid groups (broad SMARTS) is 1. The van der Waals surface area contributed by atoms with Crippen LogP contribution in [0.2, 0.25) is 0 Å². The van der Waals surface area contributed by atoms with Gasteiger partial charge in [-0.15, -0.1) is 0 Å². The molecule has 0 aromatic heterocycles. The van der Waals surface area contributed by atoms with E-state index >= 15 is 0 Å². The first-order chi connectivity index (χ1) is 8.15. The third-order valence-corrected chi connectivity index (χ3v) is 3.56. The lowest BCUT2D eigenvalue weighted by atomic mass is 9.93. The molecule has 0 atom stereocenters. The fourth-order valence-electron chi connectivity index (χ4n) is 2.37. The molecule has 1 aromatic rings. The Kier molecular flexibility index (Phi) is 2.08. The molecule has 1 fully saturated rings. The van der Waals surface area contributed by atoms with Crippen molar-refractivity contribution in [2.24, 2.45) is 0 Å². The molecule has 17 heavy (non-hydrogen) atoms. The van der Waals surface area contributed by atoms with E-state index < -0.39 is 11.4 Å². The minimum Gasteiger partial charge on any atom is -0.486 e. The number of benzene rings is 1. The Bertz CT molecular complexity index is 488. The van der Waals surface area contributed by atoms with Gasteiger partial charge in [-0.3, -0.25) is 4.79 Å². The van der Waals surface area contributed by atoms with Crippen LogP contribution in [0.4, 0.5) is 0 Å². The summed E-state index contributed by atoms with van der Waals surface area (Å²) >= 11 is 0. The molecular formula is C13H14O4. The van der Waals surface area contributed by atoms with Crippen molar-refractivity contribution in [2.45, 2.75) is 25.2 Å². The highest BCUT2D eigenvalue weighted by Gasteiger charge is 2.54. The zero-order valence-electron chi connectivity index (χ0n) is 9.66. The highest BCUT2D eigenvalue weighted by molar-refractivity contribution is 5.86. The summed E-state index contributed by atoms with van der Waals surface area (Å²) in [6.07, 6.45) is 1.36. The van der Waals surface area contributed by atoms with Gasteiger partial charge in [0.05, 0.1) is 5.41 Å². The van der Waals surface area contributed by atoms with Crippen LogP contribution < -0.4 is 9.47 Å². The maximum atomic E-state index is 11.4. The van der Waals surface area contributed by atoms with Gasteiger partial charge in [-0.05, 0) is 25.3 Å². The van der Waals surface area contributed by atoms with Gasteiger partial charge in [-0.25, -0.2) is 0 Å². The highest BCUT2D eigenvalue weighted by Crippen LogP contribution is 2.54. The van der Waals surface area contributed by atoms with Crippen molar-refractivity contribution < 1.29 is 19.4 Å². The lowest BCUT2D eigenvalue weighted by Crippen LogP contribution is -2.24. The lowest BCUT2D eigenvalue weighted by Gasteiger charge is -2.24. The number of rotatable bonds is 2. The summed E-state index contributed by atoms with van der Waals surface area (Å²) < 4.78 is 11.2. The van der Waals surface area contributed by atoms with Crippen LogP contribution in [0.5, 0.6) is 11.5 Å². The van der Waals surface area contributed by atoms with Crippen LogP contribution in [0.1, 0.15) is 24.0 Å². The van der Waals surface area contributed by atoms with E-state index in [4.69, 9.17) is 9.47 Å². The predicted molar refractivity (Wildman–Crippen MR) is 60.7 cm³/mol. The summed E-state index contributed by atoms with van der Waals surface area (Å²) in [4.78, 5) is 11.4. The smallest absolute Gasteiger partial charge is 0.314 e. The third-order valence-electron chi connectivity index (χ3n) is 3.56. The molecule has 1 N–H and O–H groups in total. The minimum atomic E-state index is -0.766. The first kappa shape index (κ1) is 10.4. The molecule has 1 saturated carbocycles. The Balaban J connectivity index is 2.15. The number of hydrogen-bond donors (Lipinski definition) is 1. The van der Waals surface area contributed by atoms with Gasteiger partial charge in [0, 0.05) is 5.56 Å². The van der Waals surface area contributed by atoms with E-state index in [9.17, 15) is 9.90 Å². The number of hydrogen-bond acceptors (Lipinski definition) is 3. The number of aryl methyl sites for hydroxylation is 1. The molecule has 4 nitrogen and oxygen atoms in total. The SMILES string of the molecule is Cc1ccc(C2(C(=O)O)CC2)c2c1OCCO2. The normalized spacial score (nSPS) is 19.8. The number of aliphatic carboxylic acids is 1. The molecule has 2 aliphatic rings.